The van der Waals surface area contributed by atoms with Crippen molar-refractivity contribution in [3.63, 3.8) is 0 Å². The number of rotatable bonds is 3. The summed E-state index contributed by atoms with van der Waals surface area (Å²) in [6.07, 6.45) is 2.18. The second kappa shape index (κ2) is 5.53. The maximum Gasteiger partial charge on any atom is 0.341 e. The summed E-state index contributed by atoms with van der Waals surface area (Å²) in [5, 5.41) is 9.33. The van der Waals surface area contributed by atoms with Gasteiger partial charge in [-0.2, -0.15) is 0 Å². The van der Waals surface area contributed by atoms with Crippen molar-refractivity contribution in [1.82, 2.24) is 4.57 Å². The third-order valence-corrected chi connectivity index (χ3v) is 6.70. The standard InChI is InChI=1S/C20H21F2N3O3/c1-9-16-10(18(26)11(19(27)28)7-25(16)14-5-12(14)21)4-13(22)17(9)24-3-2-20(8-24)6-15(20)23/h4,7,12,14-15H,2-3,5-6,8,23H2,1H3,(H,27,28)/t12-,14+,15?,20?/m0/s1. The second-order valence-electron chi connectivity index (χ2n) is 8.48. The number of alkyl halides is 1. The number of fused-ring (bicyclic) bond motifs is 1. The van der Waals surface area contributed by atoms with Crippen molar-refractivity contribution >= 4 is 22.6 Å². The Labute approximate surface area is 159 Å². The molecule has 1 aromatic heterocycles. The lowest BCUT2D eigenvalue weighted by Crippen LogP contribution is -2.26. The highest BCUT2D eigenvalue weighted by molar-refractivity contribution is 5.95. The molecule has 2 unspecified atom stereocenters. The van der Waals surface area contributed by atoms with Gasteiger partial charge in [0.25, 0.3) is 0 Å². The maximum atomic E-state index is 15.1. The van der Waals surface area contributed by atoms with Crippen LogP contribution in [0.4, 0.5) is 14.5 Å². The van der Waals surface area contributed by atoms with E-state index in [4.69, 9.17) is 5.73 Å². The Balaban J connectivity index is 1.73. The van der Waals surface area contributed by atoms with Gasteiger partial charge in [0.1, 0.15) is 17.6 Å². The summed E-state index contributed by atoms with van der Waals surface area (Å²) in [5.74, 6) is -1.96. The van der Waals surface area contributed by atoms with E-state index in [0.717, 1.165) is 18.9 Å². The average Bonchev–Trinajstić information content (AvgIpc) is 3.44. The minimum atomic E-state index is -1.40. The van der Waals surface area contributed by atoms with Gasteiger partial charge in [-0.25, -0.2) is 13.6 Å². The Morgan fingerprint density at radius 1 is 1.43 bits per heavy atom. The number of aromatic carboxylic acids is 1. The van der Waals surface area contributed by atoms with Crippen molar-refractivity contribution in [2.24, 2.45) is 11.1 Å². The second-order valence-corrected chi connectivity index (χ2v) is 8.48. The Morgan fingerprint density at radius 2 is 2.11 bits per heavy atom. The fourth-order valence-electron chi connectivity index (χ4n) is 4.85. The fourth-order valence-corrected chi connectivity index (χ4v) is 4.85. The van der Waals surface area contributed by atoms with Gasteiger partial charge in [0, 0.05) is 42.6 Å². The number of carboxylic acids is 1. The summed E-state index contributed by atoms with van der Waals surface area (Å²) < 4.78 is 30.5. The Bertz CT molecular complexity index is 1100. The molecule has 1 saturated heterocycles. The zero-order chi connectivity index (χ0) is 20.0. The first-order valence-corrected chi connectivity index (χ1v) is 9.49. The van der Waals surface area contributed by atoms with Gasteiger partial charge >= 0.3 is 5.97 Å². The molecule has 0 amide bonds. The van der Waals surface area contributed by atoms with Gasteiger partial charge in [0.2, 0.25) is 5.43 Å². The third kappa shape index (κ3) is 2.33. The quantitative estimate of drug-likeness (QED) is 0.841. The number of nitrogens with zero attached hydrogens (tertiary/aromatic N) is 2. The van der Waals surface area contributed by atoms with E-state index in [1.807, 2.05) is 4.90 Å². The fraction of sp³-hybridized carbons (Fsp3) is 0.500. The molecule has 3 fully saturated rings. The van der Waals surface area contributed by atoms with E-state index in [1.165, 1.54) is 10.8 Å². The van der Waals surface area contributed by atoms with E-state index in [-0.39, 0.29) is 23.3 Å². The summed E-state index contributed by atoms with van der Waals surface area (Å²) in [4.78, 5) is 26.1. The number of nitrogens with two attached hydrogens (primary N) is 1. The number of hydrogen-bond donors (Lipinski definition) is 2. The molecular weight excluding hydrogens is 368 g/mol. The number of benzene rings is 1. The van der Waals surface area contributed by atoms with E-state index < -0.39 is 35.0 Å². The number of carbonyl (C=O) groups is 1. The number of halogens is 2. The Morgan fingerprint density at radius 3 is 2.64 bits per heavy atom. The zero-order valence-corrected chi connectivity index (χ0v) is 15.4. The molecule has 0 radical (unpaired) electrons. The molecule has 0 bridgehead atoms. The molecule has 2 aromatic rings. The molecule has 4 atom stereocenters. The van der Waals surface area contributed by atoms with Gasteiger partial charge in [-0.15, -0.1) is 0 Å². The number of anilines is 1. The molecule has 3 N–H and O–H groups in total. The number of carboxylic acid groups (broad SMARTS) is 1. The van der Waals surface area contributed by atoms with Crippen LogP contribution in [0.1, 0.15) is 41.2 Å². The smallest absolute Gasteiger partial charge is 0.341 e. The summed E-state index contributed by atoms with van der Waals surface area (Å²) in [6, 6.07) is 0.715. The SMILES string of the molecule is Cc1c(N2CCC3(CC3N)C2)c(F)cc2c(=O)c(C(=O)O)cn([C@@H]3C[C@@H]3F)c12. The van der Waals surface area contributed by atoms with Gasteiger partial charge in [0.05, 0.1) is 17.2 Å². The summed E-state index contributed by atoms with van der Waals surface area (Å²) in [6.45, 7) is 3.04. The van der Waals surface area contributed by atoms with E-state index >= 15 is 4.39 Å². The van der Waals surface area contributed by atoms with Crippen LogP contribution in [0.5, 0.6) is 0 Å². The van der Waals surface area contributed by atoms with Crippen LogP contribution in [0, 0.1) is 18.2 Å². The number of aryl methyl sites for hydroxylation is 1. The molecule has 148 valence electrons. The molecule has 1 spiro atoms. The van der Waals surface area contributed by atoms with Crippen molar-refractivity contribution in [3.05, 3.63) is 39.4 Å². The number of hydrogen-bond acceptors (Lipinski definition) is 4. The molecule has 2 aliphatic carbocycles. The largest absolute Gasteiger partial charge is 0.477 e. The number of pyridine rings is 1. The van der Waals surface area contributed by atoms with Crippen molar-refractivity contribution in [2.45, 2.75) is 44.4 Å². The monoisotopic (exact) mass is 389 g/mol. The lowest BCUT2D eigenvalue weighted by atomic mass is 10.0. The van der Waals surface area contributed by atoms with Crippen LogP contribution in [-0.4, -0.2) is 40.9 Å². The zero-order valence-electron chi connectivity index (χ0n) is 15.4. The predicted octanol–water partition coefficient (Wildman–Crippen LogP) is 2.36. The molecule has 6 nitrogen and oxygen atoms in total. The molecule has 8 heteroatoms. The highest BCUT2D eigenvalue weighted by Crippen LogP contribution is 2.53. The minimum absolute atomic E-state index is 0.0187. The third-order valence-electron chi connectivity index (χ3n) is 6.70. The van der Waals surface area contributed by atoms with E-state index in [9.17, 15) is 19.1 Å². The summed E-state index contributed by atoms with van der Waals surface area (Å²) in [7, 11) is 0. The first-order valence-electron chi connectivity index (χ1n) is 9.49. The molecule has 2 saturated carbocycles. The van der Waals surface area contributed by atoms with Crippen LogP contribution in [0.25, 0.3) is 10.9 Å². The molecule has 2 heterocycles. The lowest BCUT2D eigenvalue weighted by molar-refractivity contribution is 0.0694. The highest BCUT2D eigenvalue weighted by Gasteiger charge is 2.56. The summed E-state index contributed by atoms with van der Waals surface area (Å²) in [5.41, 5.74) is 6.24. The Kier molecular flexibility index (Phi) is 3.48. The topological polar surface area (TPSA) is 88.6 Å². The molecule has 5 rings (SSSR count). The first kappa shape index (κ1) is 17.6. The van der Waals surface area contributed by atoms with Crippen molar-refractivity contribution < 1.29 is 18.7 Å². The van der Waals surface area contributed by atoms with E-state index in [2.05, 4.69) is 0 Å². The van der Waals surface area contributed by atoms with E-state index in [0.29, 0.717) is 29.9 Å². The molecule has 28 heavy (non-hydrogen) atoms. The minimum Gasteiger partial charge on any atom is -0.477 e. The highest BCUT2D eigenvalue weighted by atomic mass is 19.1. The maximum absolute atomic E-state index is 15.1. The van der Waals surface area contributed by atoms with Crippen molar-refractivity contribution in [1.29, 1.82) is 0 Å². The van der Waals surface area contributed by atoms with Crippen LogP contribution < -0.4 is 16.1 Å². The van der Waals surface area contributed by atoms with Gasteiger partial charge < -0.3 is 20.3 Å². The van der Waals surface area contributed by atoms with Gasteiger partial charge in [-0.05, 0) is 31.4 Å². The van der Waals surface area contributed by atoms with Crippen molar-refractivity contribution in [3.8, 4) is 0 Å². The normalized spacial score (nSPS) is 31.0. The first-order chi connectivity index (χ1) is 13.2. The lowest BCUT2D eigenvalue weighted by Gasteiger charge is -2.24. The van der Waals surface area contributed by atoms with E-state index in [1.54, 1.807) is 6.92 Å². The van der Waals surface area contributed by atoms with Gasteiger partial charge in [0.15, 0.2) is 0 Å². The summed E-state index contributed by atoms with van der Waals surface area (Å²) >= 11 is 0. The molecular formula is C20H21F2N3O3. The molecule has 1 aliphatic heterocycles. The van der Waals surface area contributed by atoms with Crippen molar-refractivity contribution in [2.75, 3.05) is 18.0 Å². The predicted molar refractivity (Wildman–Crippen MR) is 100 cm³/mol. The van der Waals surface area contributed by atoms with Crippen LogP contribution in [-0.2, 0) is 0 Å². The van der Waals surface area contributed by atoms with Crippen LogP contribution in [0.15, 0.2) is 17.1 Å². The average molecular weight is 389 g/mol. The molecule has 3 aliphatic rings. The van der Waals surface area contributed by atoms with Crippen LogP contribution in [0.3, 0.4) is 0 Å². The van der Waals surface area contributed by atoms with Crippen LogP contribution >= 0.6 is 0 Å². The van der Waals surface area contributed by atoms with Gasteiger partial charge in [-0.3, -0.25) is 4.79 Å². The van der Waals surface area contributed by atoms with Gasteiger partial charge in [-0.1, -0.05) is 0 Å². The number of aromatic nitrogens is 1. The van der Waals surface area contributed by atoms with Crippen LogP contribution in [0.2, 0.25) is 0 Å². The molecule has 1 aromatic carbocycles. The Hall–Kier alpha value is -2.48.